The zero-order valence-electron chi connectivity index (χ0n) is 12.1. The van der Waals surface area contributed by atoms with Crippen LogP contribution in [0, 0.1) is 0 Å². The Morgan fingerprint density at radius 1 is 1.40 bits per heavy atom. The van der Waals surface area contributed by atoms with Gasteiger partial charge in [0.2, 0.25) is 0 Å². The summed E-state index contributed by atoms with van der Waals surface area (Å²) in [5, 5.41) is 21.4. The number of benzene rings is 1. The van der Waals surface area contributed by atoms with Gasteiger partial charge in [-0.25, -0.2) is 4.79 Å². The van der Waals surface area contributed by atoms with Crippen molar-refractivity contribution in [2.75, 3.05) is 19.8 Å². The van der Waals surface area contributed by atoms with E-state index in [0.717, 1.165) is 6.42 Å². The molecule has 1 rings (SSSR count). The summed E-state index contributed by atoms with van der Waals surface area (Å²) in [5.74, 6) is -0.616. The lowest BCUT2D eigenvalue weighted by Crippen LogP contribution is -2.44. The van der Waals surface area contributed by atoms with Crippen LogP contribution in [0.3, 0.4) is 0 Å². The first kappa shape index (κ1) is 16.5. The van der Waals surface area contributed by atoms with Gasteiger partial charge in [-0.3, -0.25) is 0 Å². The van der Waals surface area contributed by atoms with Crippen LogP contribution in [0.4, 0.5) is 0 Å². The Kier molecular flexibility index (Phi) is 6.48. The minimum absolute atomic E-state index is 0.121. The van der Waals surface area contributed by atoms with Crippen LogP contribution in [0.25, 0.3) is 0 Å². The van der Waals surface area contributed by atoms with Crippen LogP contribution in [-0.2, 0) is 0 Å². The molecule has 112 valence electrons. The van der Waals surface area contributed by atoms with Crippen molar-refractivity contribution >= 4 is 5.97 Å². The topological polar surface area (TPSA) is 78.8 Å². The van der Waals surface area contributed by atoms with Crippen molar-refractivity contribution in [1.82, 2.24) is 5.32 Å². The Morgan fingerprint density at radius 3 is 2.70 bits per heavy atom. The normalized spacial score (nSPS) is 13.8. The first-order chi connectivity index (χ1) is 9.52. The summed E-state index contributed by atoms with van der Waals surface area (Å²) < 4.78 is 5.51. The molecule has 3 N–H and O–H groups in total. The van der Waals surface area contributed by atoms with E-state index >= 15 is 0 Å². The third-order valence-corrected chi connectivity index (χ3v) is 3.47. The van der Waals surface area contributed by atoms with Crippen molar-refractivity contribution in [2.45, 2.75) is 32.2 Å². The van der Waals surface area contributed by atoms with Gasteiger partial charge in [-0.2, -0.15) is 0 Å². The van der Waals surface area contributed by atoms with Gasteiger partial charge in [0.25, 0.3) is 0 Å². The Bertz CT molecular complexity index is 436. The monoisotopic (exact) mass is 281 g/mol. The number of hydrogen-bond acceptors (Lipinski definition) is 4. The van der Waals surface area contributed by atoms with E-state index in [1.54, 1.807) is 18.2 Å². The van der Waals surface area contributed by atoms with Crippen molar-refractivity contribution in [1.29, 1.82) is 0 Å². The molecule has 5 nitrogen and oxygen atoms in total. The molecule has 0 bridgehead atoms. The lowest BCUT2D eigenvalue weighted by molar-refractivity contribution is 0.0692. The molecule has 0 amide bonds. The molecular formula is C15H23NO4. The molecule has 0 aliphatic rings. The van der Waals surface area contributed by atoms with Crippen molar-refractivity contribution < 1.29 is 19.7 Å². The fourth-order valence-corrected chi connectivity index (χ4v) is 1.92. The maximum Gasteiger partial charge on any atom is 0.339 e. The SMILES string of the molecule is CCC(C)(CCO)NCCOc1ccccc1C(=O)O. The number of aliphatic hydroxyl groups is 1. The molecule has 1 aromatic carbocycles. The summed E-state index contributed by atoms with van der Waals surface area (Å²) in [6, 6.07) is 6.59. The van der Waals surface area contributed by atoms with E-state index in [-0.39, 0.29) is 17.7 Å². The molecular weight excluding hydrogens is 258 g/mol. The van der Waals surface area contributed by atoms with Gasteiger partial charge in [0.1, 0.15) is 17.9 Å². The van der Waals surface area contributed by atoms with E-state index < -0.39 is 5.97 Å². The summed E-state index contributed by atoms with van der Waals surface area (Å²) in [5.41, 5.74) is 0.0471. The number of ether oxygens (including phenoxy) is 1. The minimum Gasteiger partial charge on any atom is -0.491 e. The number of aliphatic hydroxyl groups excluding tert-OH is 1. The highest BCUT2D eigenvalue weighted by Gasteiger charge is 2.20. The molecule has 0 aromatic heterocycles. The lowest BCUT2D eigenvalue weighted by Gasteiger charge is -2.29. The van der Waals surface area contributed by atoms with Gasteiger partial charge >= 0.3 is 5.97 Å². The number of rotatable bonds is 9. The molecule has 0 radical (unpaired) electrons. The van der Waals surface area contributed by atoms with Crippen molar-refractivity contribution in [3.8, 4) is 5.75 Å². The standard InChI is InChI=1S/C15H23NO4/c1-3-15(2,8-10-17)16-9-11-20-13-7-5-4-6-12(13)14(18)19/h4-7,16-17H,3,8-11H2,1-2H3,(H,18,19). The van der Waals surface area contributed by atoms with Crippen molar-refractivity contribution in [3.05, 3.63) is 29.8 Å². The molecule has 1 unspecified atom stereocenters. The highest BCUT2D eigenvalue weighted by molar-refractivity contribution is 5.90. The fourth-order valence-electron chi connectivity index (χ4n) is 1.92. The number of carboxylic acids is 1. The highest BCUT2D eigenvalue weighted by atomic mass is 16.5. The Hall–Kier alpha value is -1.59. The number of carbonyl (C=O) groups is 1. The maximum absolute atomic E-state index is 11.0. The lowest BCUT2D eigenvalue weighted by atomic mass is 9.95. The van der Waals surface area contributed by atoms with Crippen LogP contribution in [-0.4, -0.2) is 41.5 Å². The molecule has 1 aromatic rings. The van der Waals surface area contributed by atoms with Gasteiger partial charge in [-0.05, 0) is 31.9 Å². The van der Waals surface area contributed by atoms with Crippen LogP contribution >= 0.6 is 0 Å². The molecule has 0 aliphatic heterocycles. The molecule has 0 aliphatic carbocycles. The summed E-state index contributed by atoms with van der Waals surface area (Å²) in [6.07, 6.45) is 1.58. The third-order valence-electron chi connectivity index (χ3n) is 3.47. The van der Waals surface area contributed by atoms with Crippen LogP contribution in [0.5, 0.6) is 5.75 Å². The Morgan fingerprint density at radius 2 is 2.10 bits per heavy atom. The summed E-state index contributed by atoms with van der Waals surface area (Å²) in [4.78, 5) is 11.0. The highest BCUT2D eigenvalue weighted by Crippen LogP contribution is 2.18. The summed E-state index contributed by atoms with van der Waals surface area (Å²) >= 11 is 0. The number of carboxylic acid groups (broad SMARTS) is 1. The van der Waals surface area contributed by atoms with E-state index in [2.05, 4.69) is 19.2 Å². The molecule has 0 saturated heterocycles. The smallest absolute Gasteiger partial charge is 0.339 e. The predicted molar refractivity (Wildman–Crippen MR) is 77.3 cm³/mol. The Labute approximate surface area is 119 Å². The summed E-state index contributed by atoms with van der Waals surface area (Å²) in [7, 11) is 0. The number of nitrogens with one attached hydrogen (secondary N) is 1. The maximum atomic E-state index is 11.0. The predicted octanol–water partition coefficient (Wildman–Crippen LogP) is 1.90. The zero-order valence-corrected chi connectivity index (χ0v) is 12.1. The Balaban J connectivity index is 2.47. The number of aromatic carboxylic acids is 1. The van der Waals surface area contributed by atoms with E-state index in [9.17, 15) is 4.79 Å². The number of hydrogen-bond donors (Lipinski definition) is 3. The largest absolute Gasteiger partial charge is 0.491 e. The van der Waals surface area contributed by atoms with Gasteiger partial charge in [-0.1, -0.05) is 19.1 Å². The second-order valence-corrected chi connectivity index (χ2v) is 4.96. The first-order valence-electron chi connectivity index (χ1n) is 6.83. The van der Waals surface area contributed by atoms with Gasteiger partial charge in [0.15, 0.2) is 0 Å². The van der Waals surface area contributed by atoms with Gasteiger partial charge in [-0.15, -0.1) is 0 Å². The molecule has 0 saturated carbocycles. The number of para-hydroxylation sites is 1. The van der Waals surface area contributed by atoms with Gasteiger partial charge in [0.05, 0.1) is 0 Å². The molecule has 5 heteroatoms. The third kappa shape index (κ3) is 4.83. The second kappa shape index (κ2) is 7.87. The molecule has 20 heavy (non-hydrogen) atoms. The van der Waals surface area contributed by atoms with Crippen molar-refractivity contribution in [2.24, 2.45) is 0 Å². The molecule has 0 heterocycles. The quantitative estimate of drug-likeness (QED) is 0.603. The van der Waals surface area contributed by atoms with Crippen LogP contribution < -0.4 is 10.1 Å². The van der Waals surface area contributed by atoms with Crippen LogP contribution in [0.2, 0.25) is 0 Å². The van der Waals surface area contributed by atoms with E-state index in [1.165, 1.54) is 6.07 Å². The molecule has 0 fully saturated rings. The van der Waals surface area contributed by atoms with E-state index in [4.69, 9.17) is 14.9 Å². The minimum atomic E-state index is -0.993. The van der Waals surface area contributed by atoms with Crippen molar-refractivity contribution in [3.63, 3.8) is 0 Å². The summed E-state index contributed by atoms with van der Waals surface area (Å²) in [6.45, 7) is 5.22. The molecule has 1 atom stereocenters. The average molecular weight is 281 g/mol. The van der Waals surface area contributed by atoms with E-state index in [1.807, 2.05) is 0 Å². The second-order valence-electron chi connectivity index (χ2n) is 4.96. The molecule has 0 spiro atoms. The average Bonchev–Trinajstić information content (AvgIpc) is 2.44. The zero-order chi connectivity index (χ0) is 15.0. The van der Waals surface area contributed by atoms with Crippen LogP contribution in [0.1, 0.15) is 37.0 Å². The van der Waals surface area contributed by atoms with Gasteiger partial charge in [0, 0.05) is 18.7 Å². The fraction of sp³-hybridized carbons (Fsp3) is 0.533. The van der Waals surface area contributed by atoms with Crippen LogP contribution in [0.15, 0.2) is 24.3 Å². The van der Waals surface area contributed by atoms with Gasteiger partial charge < -0.3 is 20.3 Å². The van der Waals surface area contributed by atoms with E-state index in [0.29, 0.717) is 25.3 Å². The first-order valence-corrected chi connectivity index (χ1v) is 6.83.